The van der Waals surface area contributed by atoms with E-state index in [0.29, 0.717) is 5.69 Å². The van der Waals surface area contributed by atoms with Gasteiger partial charge < -0.3 is 0 Å². The van der Waals surface area contributed by atoms with Crippen molar-refractivity contribution in [2.24, 2.45) is 0 Å². The SMILES string of the molecule is CONC(=O)c1cn(-c2cnc3c(c2)CCC3)c2nc(S(C)(=O)=O)ncc2c1=O. The van der Waals surface area contributed by atoms with E-state index in [0.717, 1.165) is 43.0 Å². The Hall–Kier alpha value is -3.18. The number of hydroxylamine groups is 1. The van der Waals surface area contributed by atoms with Gasteiger partial charge in [0, 0.05) is 24.3 Å². The number of aryl methyl sites for hydroxylation is 2. The third-order valence-corrected chi connectivity index (χ3v) is 5.54. The monoisotopic (exact) mass is 415 g/mol. The van der Waals surface area contributed by atoms with Crippen molar-refractivity contribution < 1.29 is 18.0 Å². The quantitative estimate of drug-likeness (QED) is 0.477. The van der Waals surface area contributed by atoms with E-state index in [1.165, 1.54) is 17.9 Å². The maximum atomic E-state index is 12.8. The van der Waals surface area contributed by atoms with Crippen LogP contribution in [0, 0.1) is 0 Å². The second-order valence-electron chi connectivity index (χ2n) is 6.69. The first-order chi connectivity index (χ1) is 13.8. The second kappa shape index (κ2) is 7.01. The van der Waals surface area contributed by atoms with Crippen LogP contribution < -0.4 is 10.9 Å². The highest BCUT2D eigenvalue weighted by Crippen LogP contribution is 2.24. The Morgan fingerprint density at radius 2 is 2.03 bits per heavy atom. The molecular weight excluding hydrogens is 398 g/mol. The van der Waals surface area contributed by atoms with Gasteiger partial charge in [0.1, 0.15) is 5.56 Å². The molecule has 1 aliphatic rings. The number of amides is 1. The summed E-state index contributed by atoms with van der Waals surface area (Å²) in [4.78, 5) is 42.1. The smallest absolute Gasteiger partial charge is 0.280 e. The number of pyridine rings is 2. The summed E-state index contributed by atoms with van der Waals surface area (Å²) in [6.45, 7) is 0. The Bertz CT molecular complexity index is 1320. The molecule has 150 valence electrons. The molecule has 0 aromatic carbocycles. The maximum Gasteiger partial charge on any atom is 0.280 e. The summed E-state index contributed by atoms with van der Waals surface area (Å²) in [5.74, 6) is -0.741. The number of rotatable bonds is 4. The Kier molecular flexibility index (Phi) is 4.63. The molecule has 10 nitrogen and oxygen atoms in total. The van der Waals surface area contributed by atoms with E-state index in [4.69, 9.17) is 0 Å². The molecule has 0 saturated carbocycles. The van der Waals surface area contributed by atoms with Crippen LogP contribution in [-0.4, -0.2) is 47.2 Å². The number of sulfone groups is 1. The van der Waals surface area contributed by atoms with E-state index >= 15 is 0 Å². The first-order valence-corrected chi connectivity index (χ1v) is 10.6. The molecule has 29 heavy (non-hydrogen) atoms. The van der Waals surface area contributed by atoms with Crippen LogP contribution in [0.2, 0.25) is 0 Å². The van der Waals surface area contributed by atoms with Gasteiger partial charge in [-0.05, 0) is 30.9 Å². The molecule has 3 aromatic heterocycles. The van der Waals surface area contributed by atoms with Crippen molar-refractivity contribution in [3.05, 3.63) is 51.7 Å². The molecule has 1 amide bonds. The molecule has 3 aromatic rings. The zero-order valence-electron chi connectivity index (χ0n) is 15.7. The Morgan fingerprint density at radius 3 is 2.76 bits per heavy atom. The highest BCUT2D eigenvalue weighted by Gasteiger charge is 2.21. The standard InChI is InChI=1S/C18H17N5O5S/c1-28-22-17(25)13-9-23(11-6-10-4-3-5-14(10)19-7-11)16-12(15(13)24)8-20-18(21-16)29(2,26)27/h6-9H,3-5H2,1-2H3,(H,22,25). The molecule has 0 fully saturated rings. The van der Waals surface area contributed by atoms with E-state index in [1.54, 1.807) is 6.20 Å². The number of aromatic nitrogens is 4. The molecule has 4 rings (SSSR count). The van der Waals surface area contributed by atoms with Crippen LogP contribution in [0.15, 0.2) is 34.6 Å². The molecule has 0 unspecified atom stereocenters. The van der Waals surface area contributed by atoms with Crippen molar-refractivity contribution >= 4 is 26.8 Å². The van der Waals surface area contributed by atoms with Crippen LogP contribution in [0.4, 0.5) is 0 Å². The molecule has 0 atom stereocenters. The average Bonchev–Trinajstić information content (AvgIpc) is 3.15. The topological polar surface area (TPSA) is 133 Å². The summed E-state index contributed by atoms with van der Waals surface area (Å²) in [5, 5.41) is -0.414. The Labute approximate surface area is 165 Å². The van der Waals surface area contributed by atoms with Crippen LogP contribution in [-0.2, 0) is 27.5 Å². The molecule has 3 heterocycles. The number of carbonyl (C=O) groups is 1. The number of nitrogens with one attached hydrogen (secondary N) is 1. The van der Waals surface area contributed by atoms with Gasteiger partial charge in [-0.2, -0.15) is 4.98 Å². The molecule has 0 bridgehead atoms. The number of hydrogen-bond acceptors (Lipinski definition) is 8. The first-order valence-electron chi connectivity index (χ1n) is 8.73. The minimum Gasteiger partial charge on any atom is -0.299 e. The molecule has 1 aliphatic carbocycles. The van der Waals surface area contributed by atoms with Gasteiger partial charge in [0.25, 0.3) is 5.91 Å². The Balaban J connectivity index is 2.05. The van der Waals surface area contributed by atoms with Crippen molar-refractivity contribution in [1.29, 1.82) is 0 Å². The van der Waals surface area contributed by atoms with Crippen LogP contribution in [0.1, 0.15) is 28.0 Å². The summed E-state index contributed by atoms with van der Waals surface area (Å²) in [7, 11) is -2.45. The summed E-state index contributed by atoms with van der Waals surface area (Å²) in [6, 6.07) is 1.90. The molecule has 0 spiro atoms. The number of nitrogens with zero attached hydrogens (tertiary/aromatic N) is 4. The lowest BCUT2D eigenvalue weighted by Crippen LogP contribution is -2.29. The zero-order valence-corrected chi connectivity index (χ0v) is 16.5. The van der Waals surface area contributed by atoms with Crippen molar-refractivity contribution in [2.45, 2.75) is 24.4 Å². The maximum absolute atomic E-state index is 12.8. The zero-order chi connectivity index (χ0) is 20.8. The molecule has 0 saturated heterocycles. The summed E-state index contributed by atoms with van der Waals surface area (Å²) in [6.07, 6.45) is 7.76. The lowest BCUT2D eigenvalue weighted by atomic mass is 10.1. The van der Waals surface area contributed by atoms with Crippen molar-refractivity contribution in [3.63, 3.8) is 0 Å². The molecule has 0 aliphatic heterocycles. The van der Waals surface area contributed by atoms with Gasteiger partial charge in [-0.1, -0.05) is 0 Å². The average molecular weight is 415 g/mol. The van der Waals surface area contributed by atoms with Gasteiger partial charge in [-0.3, -0.25) is 24.0 Å². The lowest BCUT2D eigenvalue weighted by molar-refractivity contribution is 0.0536. The number of carbonyl (C=O) groups excluding carboxylic acids is 1. The molecule has 1 N–H and O–H groups in total. The highest BCUT2D eigenvalue weighted by molar-refractivity contribution is 7.90. The van der Waals surface area contributed by atoms with Gasteiger partial charge in [-0.25, -0.2) is 18.9 Å². The summed E-state index contributed by atoms with van der Waals surface area (Å²) in [5.41, 5.74) is 3.97. The predicted molar refractivity (Wildman–Crippen MR) is 103 cm³/mol. The predicted octanol–water partition coefficient (Wildman–Crippen LogP) is 0.359. The van der Waals surface area contributed by atoms with Gasteiger partial charge in [0.15, 0.2) is 5.65 Å². The second-order valence-corrected chi connectivity index (χ2v) is 8.60. The van der Waals surface area contributed by atoms with E-state index in [2.05, 4.69) is 25.3 Å². The fraction of sp³-hybridized carbons (Fsp3) is 0.278. The number of hydrogen-bond donors (Lipinski definition) is 1. The van der Waals surface area contributed by atoms with Gasteiger partial charge in [0.05, 0.1) is 24.4 Å². The fourth-order valence-electron chi connectivity index (χ4n) is 3.33. The normalized spacial score (nSPS) is 13.4. The summed E-state index contributed by atoms with van der Waals surface area (Å²) < 4.78 is 25.3. The minimum atomic E-state index is -3.70. The lowest BCUT2D eigenvalue weighted by Gasteiger charge is -2.13. The van der Waals surface area contributed by atoms with Crippen LogP contribution in [0.5, 0.6) is 0 Å². The van der Waals surface area contributed by atoms with Crippen LogP contribution in [0.25, 0.3) is 16.7 Å². The van der Waals surface area contributed by atoms with Gasteiger partial charge in [-0.15, -0.1) is 0 Å². The molecule has 0 radical (unpaired) electrons. The molecular formula is C18H17N5O5S. The van der Waals surface area contributed by atoms with Gasteiger partial charge in [0.2, 0.25) is 20.4 Å². The third-order valence-electron chi connectivity index (χ3n) is 4.68. The fourth-order valence-corrected chi connectivity index (χ4v) is 3.82. The highest BCUT2D eigenvalue weighted by atomic mass is 32.2. The van der Waals surface area contributed by atoms with Gasteiger partial charge >= 0.3 is 0 Å². The largest absolute Gasteiger partial charge is 0.299 e. The third kappa shape index (κ3) is 3.38. The number of fused-ring (bicyclic) bond motifs is 2. The first kappa shape index (κ1) is 19.2. The van der Waals surface area contributed by atoms with Crippen LogP contribution in [0.3, 0.4) is 0 Å². The van der Waals surface area contributed by atoms with Crippen molar-refractivity contribution in [3.8, 4) is 5.69 Å². The van der Waals surface area contributed by atoms with E-state index in [9.17, 15) is 18.0 Å². The van der Waals surface area contributed by atoms with E-state index < -0.39 is 26.3 Å². The van der Waals surface area contributed by atoms with Crippen molar-refractivity contribution in [1.82, 2.24) is 25.0 Å². The van der Waals surface area contributed by atoms with Crippen molar-refractivity contribution in [2.75, 3.05) is 13.4 Å². The van der Waals surface area contributed by atoms with E-state index in [1.807, 2.05) is 6.07 Å². The Morgan fingerprint density at radius 1 is 1.24 bits per heavy atom. The summed E-state index contributed by atoms with van der Waals surface area (Å²) >= 11 is 0. The molecule has 11 heteroatoms. The minimum absolute atomic E-state index is 0.00153. The van der Waals surface area contributed by atoms with E-state index in [-0.39, 0.29) is 16.6 Å². The van der Waals surface area contributed by atoms with Crippen LogP contribution >= 0.6 is 0 Å².